The van der Waals surface area contributed by atoms with Crippen molar-refractivity contribution in [3.63, 3.8) is 0 Å². The van der Waals surface area contributed by atoms with E-state index in [4.69, 9.17) is 10.2 Å². The van der Waals surface area contributed by atoms with Crippen LogP contribution in [-0.2, 0) is 0 Å². The van der Waals surface area contributed by atoms with Crippen LogP contribution in [0.2, 0.25) is 0 Å². The second-order valence-electron chi connectivity index (χ2n) is 3.72. The molecule has 0 bridgehead atoms. The lowest BCUT2D eigenvalue weighted by Gasteiger charge is -2.08. The van der Waals surface area contributed by atoms with Crippen LogP contribution in [0.3, 0.4) is 0 Å². The van der Waals surface area contributed by atoms with Gasteiger partial charge in [-0.2, -0.15) is 0 Å². The zero-order valence-corrected chi connectivity index (χ0v) is 8.81. The normalized spacial score (nSPS) is 13.0. The molecule has 1 unspecified atom stereocenters. The lowest BCUT2D eigenvalue weighted by molar-refractivity contribution is 0.555. The van der Waals surface area contributed by atoms with Crippen molar-refractivity contribution >= 4 is 11.1 Å². The lowest BCUT2D eigenvalue weighted by Crippen LogP contribution is -2.13. The smallest absolute Gasteiger partial charge is 0.408 e. The third-order valence-corrected chi connectivity index (χ3v) is 2.62. The van der Waals surface area contributed by atoms with Gasteiger partial charge in [-0.05, 0) is 17.7 Å². The second-order valence-corrected chi connectivity index (χ2v) is 3.72. The Morgan fingerprint density at radius 2 is 2.29 bits per heavy atom. The van der Waals surface area contributed by atoms with Gasteiger partial charge >= 0.3 is 5.76 Å². The first-order chi connectivity index (χ1) is 8.24. The Morgan fingerprint density at radius 1 is 1.41 bits per heavy atom. The van der Waals surface area contributed by atoms with Crippen molar-refractivity contribution < 1.29 is 4.42 Å². The highest BCUT2D eigenvalue weighted by atomic mass is 16.4. The first-order valence-electron chi connectivity index (χ1n) is 5.11. The molecule has 17 heavy (non-hydrogen) atoms. The average molecular weight is 230 g/mol. The van der Waals surface area contributed by atoms with Crippen LogP contribution in [0.4, 0.5) is 0 Å². The molecule has 1 atom stereocenters. The molecule has 6 nitrogen and oxygen atoms in total. The third kappa shape index (κ3) is 1.64. The molecule has 0 radical (unpaired) electrons. The highest BCUT2D eigenvalue weighted by Gasteiger charge is 2.12. The highest BCUT2D eigenvalue weighted by Crippen LogP contribution is 2.20. The number of aromatic nitrogens is 3. The zero-order chi connectivity index (χ0) is 11.8. The van der Waals surface area contributed by atoms with E-state index < -0.39 is 5.76 Å². The summed E-state index contributed by atoms with van der Waals surface area (Å²) in [5, 5.41) is 0. The Labute approximate surface area is 95.5 Å². The number of nitrogens with zero attached hydrogens (tertiary/aromatic N) is 1. The van der Waals surface area contributed by atoms with E-state index in [1.807, 2.05) is 6.07 Å². The predicted octanol–water partition coefficient (Wildman–Crippen LogP) is 0.892. The topological polar surface area (TPSA) is 101 Å². The van der Waals surface area contributed by atoms with Gasteiger partial charge in [-0.1, -0.05) is 6.07 Å². The number of benzene rings is 1. The van der Waals surface area contributed by atoms with E-state index in [1.165, 1.54) is 0 Å². The second kappa shape index (κ2) is 3.60. The van der Waals surface area contributed by atoms with Crippen molar-refractivity contribution in [2.24, 2.45) is 5.73 Å². The zero-order valence-electron chi connectivity index (χ0n) is 8.81. The number of H-pyrrole nitrogens is 2. The molecule has 0 aliphatic rings. The number of oxazole rings is 1. The molecule has 2 heterocycles. The first kappa shape index (κ1) is 9.86. The fourth-order valence-electron chi connectivity index (χ4n) is 1.77. The molecule has 3 rings (SSSR count). The summed E-state index contributed by atoms with van der Waals surface area (Å²) in [6.07, 6.45) is 3.36. The summed E-state index contributed by atoms with van der Waals surface area (Å²) in [6, 6.07) is 4.96. The standard InChI is InChI=1S/C11H10N4O2/c12-9(10-13-3-4-14-10)6-1-2-8-7(5-6)15-11(16)17-8/h1-5,9H,12H2,(H,13,14)(H,15,16). The number of hydrogen-bond donors (Lipinski definition) is 3. The summed E-state index contributed by atoms with van der Waals surface area (Å²) in [5.74, 6) is 0.207. The number of hydrogen-bond acceptors (Lipinski definition) is 4. The summed E-state index contributed by atoms with van der Waals surface area (Å²) in [6.45, 7) is 0. The molecule has 3 aromatic rings. The van der Waals surface area contributed by atoms with Gasteiger partial charge in [0.05, 0.1) is 11.6 Å². The summed E-state index contributed by atoms with van der Waals surface area (Å²) in [5.41, 5.74) is 8.05. The molecule has 2 aromatic heterocycles. The van der Waals surface area contributed by atoms with Gasteiger partial charge < -0.3 is 15.1 Å². The van der Waals surface area contributed by atoms with Crippen molar-refractivity contribution in [3.8, 4) is 0 Å². The SMILES string of the molecule is NC(c1ccc2oc(=O)[nH]c2c1)c1ncc[nH]1. The van der Waals surface area contributed by atoms with E-state index >= 15 is 0 Å². The Balaban J connectivity index is 2.08. The quantitative estimate of drug-likeness (QED) is 0.608. The van der Waals surface area contributed by atoms with Crippen LogP contribution in [0, 0.1) is 0 Å². The molecule has 0 aliphatic heterocycles. The molecule has 0 saturated carbocycles. The van der Waals surface area contributed by atoms with Gasteiger partial charge in [0.2, 0.25) is 0 Å². The van der Waals surface area contributed by atoms with Gasteiger partial charge in [-0.25, -0.2) is 9.78 Å². The van der Waals surface area contributed by atoms with Gasteiger partial charge in [0.15, 0.2) is 5.58 Å². The molecular formula is C11H10N4O2. The van der Waals surface area contributed by atoms with Crippen molar-refractivity contribution in [1.82, 2.24) is 15.0 Å². The van der Waals surface area contributed by atoms with Crippen LogP contribution in [0.25, 0.3) is 11.1 Å². The lowest BCUT2D eigenvalue weighted by atomic mass is 10.1. The Kier molecular flexibility index (Phi) is 2.09. The number of nitrogens with two attached hydrogens (primary N) is 1. The number of fused-ring (bicyclic) bond motifs is 1. The van der Waals surface area contributed by atoms with E-state index in [0.717, 1.165) is 5.56 Å². The van der Waals surface area contributed by atoms with Crippen LogP contribution < -0.4 is 11.5 Å². The first-order valence-corrected chi connectivity index (χ1v) is 5.11. The molecule has 0 amide bonds. The van der Waals surface area contributed by atoms with Crippen molar-refractivity contribution in [2.75, 3.05) is 0 Å². The largest absolute Gasteiger partial charge is 0.417 e. The third-order valence-electron chi connectivity index (χ3n) is 2.62. The van der Waals surface area contributed by atoms with E-state index in [2.05, 4.69) is 15.0 Å². The predicted molar refractivity (Wildman–Crippen MR) is 61.5 cm³/mol. The Morgan fingerprint density at radius 3 is 3.06 bits per heavy atom. The fourth-order valence-corrected chi connectivity index (χ4v) is 1.77. The van der Waals surface area contributed by atoms with Gasteiger partial charge in [-0.3, -0.25) is 4.98 Å². The van der Waals surface area contributed by atoms with Gasteiger partial charge in [0.1, 0.15) is 5.82 Å². The molecule has 4 N–H and O–H groups in total. The van der Waals surface area contributed by atoms with Gasteiger partial charge in [0.25, 0.3) is 0 Å². The summed E-state index contributed by atoms with van der Waals surface area (Å²) < 4.78 is 4.92. The highest BCUT2D eigenvalue weighted by molar-refractivity contribution is 5.73. The van der Waals surface area contributed by atoms with Crippen molar-refractivity contribution in [3.05, 3.63) is 52.5 Å². The number of aromatic amines is 2. The van der Waals surface area contributed by atoms with Crippen LogP contribution in [0.1, 0.15) is 17.4 Å². The average Bonchev–Trinajstić information content (AvgIpc) is 2.94. The van der Waals surface area contributed by atoms with Crippen molar-refractivity contribution in [1.29, 1.82) is 0 Å². The summed E-state index contributed by atoms with van der Waals surface area (Å²) in [7, 11) is 0. The van der Waals surface area contributed by atoms with E-state index in [0.29, 0.717) is 16.9 Å². The monoisotopic (exact) mass is 230 g/mol. The van der Waals surface area contributed by atoms with Crippen LogP contribution in [-0.4, -0.2) is 15.0 Å². The maximum Gasteiger partial charge on any atom is 0.417 e. The maximum atomic E-state index is 11.0. The molecule has 0 aliphatic carbocycles. The van der Waals surface area contributed by atoms with Gasteiger partial charge in [0, 0.05) is 12.4 Å². The molecule has 0 spiro atoms. The van der Waals surface area contributed by atoms with Crippen LogP contribution in [0.15, 0.2) is 39.8 Å². The fraction of sp³-hybridized carbons (Fsp3) is 0.0909. The maximum absolute atomic E-state index is 11.0. The molecule has 86 valence electrons. The minimum absolute atomic E-state index is 0.354. The molecular weight excluding hydrogens is 220 g/mol. The van der Waals surface area contributed by atoms with E-state index in [9.17, 15) is 4.79 Å². The Hall–Kier alpha value is -2.34. The molecule has 0 fully saturated rings. The number of imidazole rings is 1. The molecule has 0 saturated heterocycles. The van der Waals surface area contributed by atoms with E-state index in [1.54, 1.807) is 24.5 Å². The summed E-state index contributed by atoms with van der Waals surface area (Å²) in [4.78, 5) is 20.7. The van der Waals surface area contributed by atoms with Crippen LogP contribution in [0.5, 0.6) is 0 Å². The summed E-state index contributed by atoms with van der Waals surface area (Å²) >= 11 is 0. The molecule has 1 aromatic carbocycles. The minimum Gasteiger partial charge on any atom is -0.408 e. The van der Waals surface area contributed by atoms with E-state index in [-0.39, 0.29) is 6.04 Å². The Bertz CT molecular complexity index is 696. The molecule has 6 heteroatoms. The number of rotatable bonds is 2. The number of nitrogens with one attached hydrogen (secondary N) is 2. The van der Waals surface area contributed by atoms with Crippen LogP contribution >= 0.6 is 0 Å². The van der Waals surface area contributed by atoms with Crippen molar-refractivity contribution in [2.45, 2.75) is 6.04 Å². The minimum atomic E-state index is -0.469. The van der Waals surface area contributed by atoms with Gasteiger partial charge in [-0.15, -0.1) is 0 Å².